The minimum atomic E-state index is -1.10. The zero-order valence-electron chi connectivity index (χ0n) is 10.4. The Morgan fingerprint density at radius 1 is 1.32 bits per heavy atom. The van der Waals surface area contributed by atoms with Gasteiger partial charge in [-0.3, -0.25) is 14.6 Å². The van der Waals surface area contributed by atoms with E-state index in [-0.39, 0.29) is 29.6 Å². The lowest BCUT2D eigenvalue weighted by atomic mass is 10.2. The second-order valence-electron chi connectivity index (χ2n) is 4.28. The van der Waals surface area contributed by atoms with Gasteiger partial charge < -0.3 is 14.9 Å². The molecular formula is C12H13N3O4. The molecule has 7 nitrogen and oxygen atoms in total. The van der Waals surface area contributed by atoms with Crippen LogP contribution in [0.2, 0.25) is 0 Å². The monoisotopic (exact) mass is 263 g/mol. The maximum absolute atomic E-state index is 12.1. The van der Waals surface area contributed by atoms with Crippen molar-refractivity contribution in [2.75, 3.05) is 26.7 Å². The molecule has 7 heteroatoms. The first kappa shape index (κ1) is 13.0. The summed E-state index contributed by atoms with van der Waals surface area (Å²) in [5.41, 5.74) is 0.161. The summed E-state index contributed by atoms with van der Waals surface area (Å²) in [6.45, 7) is 0.957. The highest BCUT2D eigenvalue weighted by atomic mass is 16.4. The number of carbonyl (C=O) groups excluding carboxylic acids is 2. The lowest BCUT2D eigenvalue weighted by Crippen LogP contribution is -2.50. The normalized spacial score (nSPS) is 15.5. The number of amides is 2. The molecule has 1 fully saturated rings. The Morgan fingerprint density at radius 2 is 2.05 bits per heavy atom. The number of hydrogen-bond acceptors (Lipinski definition) is 4. The molecule has 1 aliphatic rings. The van der Waals surface area contributed by atoms with E-state index >= 15 is 0 Å². The number of carbonyl (C=O) groups is 3. The number of aromatic nitrogens is 1. The van der Waals surface area contributed by atoms with Crippen LogP contribution >= 0.6 is 0 Å². The molecule has 0 saturated carbocycles. The van der Waals surface area contributed by atoms with Gasteiger partial charge in [-0.25, -0.2) is 4.79 Å². The molecule has 2 heterocycles. The molecule has 19 heavy (non-hydrogen) atoms. The lowest BCUT2D eigenvalue weighted by Gasteiger charge is -2.31. The second kappa shape index (κ2) is 5.05. The van der Waals surface area contributed by atoms with Crippen LogP contribution in [0.1, 0.15) is 20.8 Å². The second-order valence-corrected chi connectivity index (χ2v) is 4.28. The summed E-state index contributed by atoms with van der Waals surface area (Å²) < 4.78 is 0. The fourth-order valence-corrected chi connectivity index (χ4v) is 1.74. The molecule has 0 spiro atoms. The highest BCUT2D eigenvalue weighted by molar-refractivity contribution is 5.96. The summed E-state index contributed by atoms with van der Waals surface area (Å²) in [6.07, 6.45) is 1.13. The van der Waals surface area contributed by atoms with Crippen LogP contribution in [0.3, 0.4) is 0 Å². The third kappa shape index (κ3) is 2.70. The third-order valence-electron chi connectivity index (χ3n) is 2.97. The first-order chi connectivity index (χ1) is 8.99. The van der Waals surface area contributed by atoms with Gasteiger partial charge in [-0.1, -0.05) is 0 Å². The molecule has 0 radical (unpaired) electrons. The maximum atomic E-state index is 12.1. The molecule has 1 N–H and O–H groups in total. The number of nitrogens with zero attached hydrogens (tertiary/aromatic N) is 3. The van der Waals surface area contributed by atoms with Crippen molar-refractivity contribution in [2.45, 2.75) is 0 Å². The molecule has 100 valence electrons. The van der Waals surface area contributed by atoms with Crippen molar-refractivity contribution in [3.05, 3.63) is 29.6 Å². The Hall–Kier alpha value is -2.44. The van der Waals surface area contributed by atoms with Crippen molar-refractivity contribution in [1.29, 1.82) is 0 Å². The van der Waals surface area contributed by atoms with Gasteiger partial charge in [-0.2, -0.15) is 0 Å². The predicted molar refractivity (Wildman–Crippen MR) is 64.7 cm³/mol. The molecule has 1 aliphatic heterocycles. The van der Waals surface area contributed by atoms with Gasteiger partial charge in [0.2, 0.25) is 5.91 Å². The summed E-state index contributed by atoms with van der Waals surface area (Å²) >= 11 is 0. The van der Waals surface area contributed by atoms with E-state index in [4.69, 9.17) is 5.11 Å². The van der Waals surface area contributed by atoms with Crippen LogP contribution in [-0.4, -0.2) is 64.4 Å². The van der Waals surface area contributed by atoms with E-state index in [1.807, 2.05) is 0 Å². The summed E-state index contributed by atoms with van der Waals surface area (Å²) in [5, 5.41) is 8.74. The van der Waals surface area contributed by atoms with Gasteiger partial charge in [-0.05, 0) is 12.1 Å². The van der Waals surface area contributed by atoms with Crippen molar-refractivity contribution in [3.63, 3.8) is 0 Å². The summed E-state index contributed by atoms with van der Waals surface area (Å²) in [5.74, 6) is -1.58. The predicted octanol–water partition coefficient (Wildman–Crippen LogP) is -0.306. The smallest absolute Gasteiger partial charge is 0.337 e. The van der Waals surface area contributed by atoms with E-state index in [1.54, 1.807) is 11.9 Å². The number of rotatable bonds is 2. The zero-order chi connectivity index (χ0) is 14.0. The van der Waals surface area contributed by atoms with E-state index in [0.29, 0.717) is 13.1 Å². The number of aromatic carboxylic acids is 1. The number of carboxylic acids is 1. The first-order valence-corrected chi connectivity index (χ1v) is 5.71. The largest absolute Gasteiger partial charge is 0.478 e. The van der Waals surface area contributed by atoms with Crippen LogP contribution in [-0.2, 0) is 4.79 Å². The standard InChI is InChI=1S/C12H13N3O4/c1-14-4-5-15(7-10(14)16)11(17)9-3-2-8(6-13-9)12(18)19/h2-3,6H,4-5,7H2,1H3,(H,18,19). The van der Waals surface area contributed by atoms with Gasteiger partial charge in [0.15, 0.2) is 0 Å². The topological polar surface area (TPSA) is 90.8 Å². The van der Waals surface area contributed by atoms with Crippen LogP contribution in [0, 0.1) is 0 Å². The molecule has 1 saturated heterocycles. The third-order valence-corrected chi connectivity index (χ3v) is 2.97. The minimum Gasteiger partial charge on any atom is -0.478 e. The number of pyridine rings is 1. The highest BCUT2D eigenvalue weighted by Gasteiger charge is 2.26. The van der Waals surface area contributed by atoms with Gasteiger partial charge in [0.05, 0.1) is 5.56 Å². The van der Waals surface area contributed by atoms with Crippen LogP contribution in [0.5, 0.6) is 0 Å². The van der Waals surface area contributed by atoms with Gasteiger partial charge in [0.25, 0.3) is 5.91 Å². The Labute approximate surface area is 109 Å². The van der Waals surface area contributed by atoms with E-state index in [2.05, 4.69) is 4.98 Å². The van der Waals surface area contributed by atoms with E-state index in [9.17, 15) is 14.4 Å². The van der Waals surface area contributed by atoms with Gasteiger partial charge in [-0.15, -0.1) is 0 Å². The molecule has 0 atom stereocenters. The number of likely N-dealkylation sites (N-methyl/N-ethyl adjacent to an activating group) is 1. The highest BCUT2D eigenvalue weighted by Crippen LogP contribution is 2.08. The van der Waals surface area contributed by atoms with Crippen LogP contribution in [0.15, 0.2) is 18.3 Å². The Morgan fingerprint density at radius 3 is 2.58 bits per heavy atom. The van der Waals surface area contributed by atoms with Crippen molar-refractivity contribution >= 4 is 17.8 Å². The molecule has 0 aliphatic carbocycles. The van der Waals surface area contributed by atoms with E-state index in [0.717, 1.165) is 6.20 Å². The van der Waals surface area contributed by atoms with Crippen LogP contribution in [0.4, 0.5) is 0 Å². The fourth-order valence-electron chi connectivity index (χ4n) is 1.74. The molecule has 2 rings (SSSR count). The number of piperazine rings is 1. The zero-order valence-corrected chi connectivity index (χ0v) is 10.4. The van der Waals surface area contributed by atoms with E-state index < -0.39 is 5.97 Å². The minimum absolute atomic E-state index is 0.0194. The SMILES string of the molecule is CN1CCN(C(=O)c2ccc(C(=O)O)cn2)CC1=O. The molecule has 0 aromatic carbocycles. The Bertz CT molecular complexity index is 526. The number of carboxylic acid groups (broad SMARTS) is 1. The van der Waals surface area contributed by atoms with Crippen molar-refractivity contribution < 1.29 is 19.5 Å². The van der Waals surface area contributed by atoms with Gasteiger partial charge >= 0.3 is 5.97 Å². The van der Waals surface area contributed by atoms with Crippen LogP contribution < -0.4 is 0 Å². The quantitative estimate of drug-likeness (QED) is 0.790. The van der Waals surface area contributed by atoms with Crippen molar-refractivity contribution in [1.82, 2.24) is 14.8 Å². The van der Waals surface area contributed by atoms with Crippen molar-refractivity contribution in [3.8, 4) is 0 Å². The first-order valence-electron chi connectivity index (χ1n) is 5.71. The van der Waals surface area contributed by atoms with Crippen LogP contribution in [0.25, 0.3) is 0 Å². The molecule has 2 amide bonds. The van der Waals surface area contributed by atoms with Gasteiger partial charge in [0.1, 0.15) is 12.2 Å². The molecular weight excluding hydrogens is 250 g/mol. The molecule has 1 aromatic heterocycles. The Balaban J connectivity index is 2.11. The summed E-state index contributed by atoms with van der Waals surface area (Å²) in [4.78, 5) is 41.1. The average molecular weight is 263 g/mol. The fraction of sp³-hybridized carbons (Fsp3) is 0.333. The molecule has 0 unspecified atom stereocenters. The molecule has 0 bridgehead atoms. The summed E-state index contributed by atoms with van der Waals surface area (Å²) in [6, 6.07) is 2.68. The Kier molecular flexibility index (Phi) is 3.46. The van der Waals surface area contributed by atoms with E-state index in [1.165, 1.54) is 17.0 Å². The molecule has 1 aromatic rings. The maximum Gasteiger partial charge on any atom is 0.337 e. The number of hydrogen-bond donors (Lipinski definition) is 1. The van der Waals surface area contributed by atoms with Gasteiger partial charge in [0, 0.05) is 26.3 Å². The van der Waals surface area contributed by atoms with Crippen molar-refractivity contribution in [2.24, 2.45) is 0 Å². The summed E-state index contributed by atoms with van der Waals surface area (Å²) in [7, 11) is 1.68. The average Bonchev–Trinajstić information content (AvgIpc) is 2.41. The lowest BCUT2D eigenvalue weighted by molar-refractivity contribution is -0.133.